The van der Waals surface area contributed by atoms with E-state index in [1.54, 1.807) is 18.2 Å². The fourth-order valence-corrected chi connectivity index (χ4v) is 4.18. The van der Waals surface area contributed by atoms with Crippen LogP contribution in [0.1, 0.15) is 45.7 Å². The number of carbonyl (C=O) groups excluding carboxylic acids is 2. The van der Waals surface area contributed by atoms with E-state index in [-0.39, 0.29) is 17.7 Å². The number of nitrogens with one attached hydrogen (secondary N) is 1. The molecule has 5 nitrogen and oxygen atoms in total. The standard InChI is InChI=1S/C19H21Cl2N3O2S/c1-9-10(2)17(18(22)26)19(24-11(9)3)27-8-16(25)23-12(4)14-6-5-13(20)7-15(14)21/h5-7,12H,8H2,1-4H3,(H2,22,26)(H,23,25). The van der Waals surface area contributed by atoms with Crippen molar-refractivity contribution in [3.8, 4) is 0 Å². The van der Waals surface area contributed by atoms with Gasteiger partial charge >= 0.3 is 0 Å². The van der Waals surface area contributed by atoms with Gasteiger partial charge in [0.2, 0.25) is 5.91 Å². The second-order valence-electron chi connectivity index (χ2n) is 6.24. The molecule has 2 amide bonds. The molecule has 1 atom stereocenters. The van der Waals surface area contributed by atoms with Gasteiger partial charge in [0, 0.05) is 15.7 Å². The van der Waals surface area contributed by atoms with Crippen LogP contribution in [0.3, 0.4) is 0 Å². The van der Waals surface area contributed by atoms with Crippen LogP contribution in [0.5, 0.6) is 0 Å². The SMILES string of the molecule is Cc1nc(SCC(=O)NC(C)c2ccc(Cl)cc2Cl)c(C(N)=O)c(C)c1C. The predicted molar refractivity (Wildman–Crippen MR) is 111 cm³/mol. The van der Waals surface area contributed by atoms with Crippen molar-refractivity contribution >= 4 is 46.8 Å². The average Bonchev–Trinajstić information content (AvgIpc) is 2.57. The Morgan fingerprint density at radius 1 is 1.22 bits per heavy atom. The summed E-state index contributed by atoms with van der Waals surface area (Å²) >= 11 is 13.3. The first-order valence-electron chi connectivity index (χ1n) is 8.26. The van der Waals surface area contributed by atoms with E-state index in [2.05, 4.69) is 10.3 Å². The van der Waals surface area contributed by atoms with Gasteiger partial charge in [0.1, 0.15) is 5.03 Å². The Labute approximate surface area is 173 Å². The fraction of sp³-hybridized carbons (Fsp3) is 0.316. The topological polar surface area (TPSA) is 85.1 Å². The van der Waals surface area contributed by atoms with Crippen molar-refractivity contribution in [1.82, 2.24) is 10.3 Å². The Bertz CT molecular complexity index is 903. The zero-order valence-electron chi connectivity index (χ0n) is 15.5. The summed E-state index contributed by atoms with van der Waals surface area (Å²) in [6.07, 6.45) is 0. The molecule has 144 valence electrons. The number of hydrogen-bond donors (Lipinski definition) is 2. The number of thioether (sulfide) groups is 1. The van der Waals surface area contributed by atoms with E-state index in [9.17, 15) is 9.59 Å². The number of hydrogen-bond acceptors (Lipinski definition) is 4. The van der Waals surface area contributed by atoms with Crippen LogP contribution in [0.25, 0.3) is 0 Å². The van der Waals surface area contributed by atoms with Crippen molar-refractivity contribution in [2.24, 2.45) is 5.73 Å². The van der Waals surface area contributed by atoms with Gasteiger partial charge in [-0.05, 0) is 56.5 Å². The molecule has 0 saturated heterocycles. The number of nitrogens with two attached hydrogens (primary N) is 1. The largest absolute Gasteiger partial charge is 0.366 e. The molecule has 2 rings (SSSR count). The molecule has 0 bridgehead atoms. The highest BCUT2D eigenvalue weighted by molar-refractivity contribution is 8.00. The molecule has 1 aromatic heterocycles. The molecular formula is C19H21Cl2N3O2S. The molecule has 27 heavy (non-hydrogen) atoms. The summed E-state index contributed by atoms with van der Waals surface area (Å²) in [7, 11) is 0. The minimum atomic E-state index is -0.549. The molecule has 0 aliphatic rings. The molecule has 8 heteroatoms. The first-order chi connectivity index (χ1) is 12.6. The van der Waals surface area contributed by atoms with E-state index in [1.807, 2.05) is 27.7 Å². The molecule has 0 aliphatic heterocycles. The van der Waals surface area contributed by atoms with Crippen molar-refractivity contribution in [2.45, 2.75) is 38.8 Å². The third-order valence-corrected chi connectivity index (χ3v) is 5.89. The summed E-state index contributed by atoms with van der Waals surface area (Å²) in [5.41, 5.74) is 9.17. The van der Waals surface area contributed by atoms with Crippen LogP contribution in [0.4, 0.5) is 0 Å². The Kier molecular flexibility index (Phi) is 7.14. The summed E-state index contributed by atoms with van der Waals surface area (Å²) in [5, 5.41) is 4.38. The average molecular weight is 426 g/mol. The number of amides is 2. The summed E-state index contributed by atoms with van der Waals surface area (Å²) in [6, 6.07) is 4.85. The number of halogens is 2. The minimum Gasteiger partial charge on any atom is -0.366 e. The lowest BCUT2D eigenvalue weighted by atomic mass is 10.0. The minimum absolute atomic E-state index is 0.102. The van der Waals surface area contributed by atoms with E-state index in [4.69, 9.17) is 28.9 Å². The Morgan fingerprint density at radius 2 is 1.89 bits per heavy atom. The van der Waals surface area contributed by atoms with Crippen LogP contribution < -0.4 is 11.1 Å². The van der Waals surface area contributed by atoms with Crippen LogP contribution in [-0.4, -0.2) is 22.6 Å². The molecule has 0 aliphatic carbocycles. The number of carbonyl (C=O) groups is 2. The smallest absolute Gasteiger partial charge is 0.251 e. The second-order valence-corrected chi connectivity index (χ2v) is 8.04. The van der Waals surface area contributed by atoms with Crippen LogP contribution in [0.2, 0.25) is 10.0 Å². The number of rotatable bonds is 6. The van der Waals surface area contributed by atoms with Crippen molar-refractivity contribution in [2.75, 3.05) is 5.75 Å². The molecule has 2 aromatic rings. The number of benzene rings is 1. The Hall–Kier alpha value is -1.76. The van der Waals surface area contributed by atoms with Crippen molar-refractivity contribution in [1.29, 1.82) is 0 Å². The fourth-order valence-electron chi connectivity index (χ4n) is 2.65. The van der Waals surface area contributed by atoms with Gasteiger partial charge in [0.05, 0.1) is 17.4 Å². The van der Waals surface area contributed by atoms with E-state index in [1.165, 1.54) is 11.8 Å². The van der Waals surface area contributed by atoms with Crippen LogP contribution >= 0.6 is 35.0 Å². The second kappa shape index (κ2) is 8.95. The molecule has 0 saturated carbocycles. The molecule has 3 N–H and O–H groups in total. The highest BCUT2D eigenvalue weighted by Gasteiger charge is 2.19. The number of aryl methyl sites for hydroxylation is 1. The quantitative estimate of drug-likeness (QED) is 0.672. The van der Waals surface area contributed by atoms with Gasteiger partial charge in [0.15, 0.2) is 0 Å². The maximum Gasteiger partial charge on any atom is 0.251 e. The third kappa shape index (κ3) is 5.15. The monoisotopic (exact) mass is 425 g/mol. The molecular weight excluding hydrogens is 405 g/mol. The number of primary amides is 1. The molecule has 0 radical (unpaired) electrons. The first-order valence-corrected chi connectivity index (χ1v) is 10.0. The summed E-state index contributed by atoms with van der Waals surface area (Å²) in [5.74, 6) is -0.649. The maximum atomic E-state index is 12.4. The van der Waals surface area contributed by atoms with Gasteiger partial charge in [0.25, 0.3) is 5.91 Å². The maximum absolute atomic E-state index is 12.4. The van der Waals surface area contributed by atoms with Gasteiger partial charge in [-0.25, -0.2) is 4.98 Å². The van der Waals surface area contributed by atoms with E-state index in [0.29, 0.717) is 20.6 Å². The zero-order valence-corrected chi connectivity index (χ0v) is 17.9. The Morgan fingerprint density at radius 3 is 2.48 bits per heavy atom. The molecule has 1 aromatic carbocycles. The lowest BCUT2D eigenvalue weighted by Crippen LogP contribution is -2.28. The van der Waals surface area contributed by atoms with Gasteiger partial charge in [-0.2, -0.15) is 0 Å². The number of pyridine rings is 1. The summed E-state index contributed by atoms with van der Waals surface area (Å²) in [6.45, 7) is 7.43. The number of aromatic nitrogens is 1. The molecule has 1 heterocycles. The lowest BCUT2D eigenvalue weighted by Gasteiger charge is -2.17. The summed E-state index contributed by atoms with van der Waals surface area (Å²) < 4.78 is 0. The van der Waals surface area contributed by atoms with Crippen molar-refractivity contribution in [3.63, 3.8) is 0 Å². The Balaban J connectivity index is 2.11. The van der Waals surface area contributed by atoms with Gasteiger partial charge < -0.3 is 11.1 Å². The lowest BCUT2D eigenvalue weighted by molar-refractivity contribution is -0.119. The predicted octanol–water partition coefficient (Wildman–Crippen LogP) is 4.38. The third-order valence-electron chi connectivity index (χ3n) is 4.36. The normalized spacial score (nSPS) is 11.9. The van der Waals surface area contributed by atoms with E-state index in [0.717, 1.165) is 22.4 Å². The summed E-state index contributed by atoms with van der Waals surface area (Å²) in [4.78, 5) is 28.6. The van der Waals surface area contributed by atoms with Crippen molar-refractivity contribution in [3.05, 3.63) is 56.2 Å². The highest BCUT2D eigenvalue weighted by atomic mass is 35.5. The van der Waals surface area contributed by atoms with Gasteiger partial charge in [-0.3, -0.25) is 9.59 Å². The highest BCUT2D eigenvalue weighted by Crippen LogP contribution is 2.28. The van der Waals surface area contributed by atoms with Gasteiger partial charge in [-0.15, -0.1) is 0 Å². The number of nitrogens with zero attached hydrogens (tertiary/aromatic N) is 1. The van der Waals surface area contributed by atoms with E-state index >= 15 is 0 Å². The van der Waals surface area contributed by atoms with Gasteiger partial charge in [-0.1, -0.05) is 41.0 Å². The molecule has 0 spiro atoms. The first kappa shape index (κ1) is 21.5. The molecule has 1 unspecified atom stereocenters. The van der Waals surface area contributed by atoms with Crippen LogP contribution in [0, 0.1) is 20.8 Å². The van der Waals surface area contributed by atoms with Crippen molar-refractivity contribution < 1.29 is 9.59 Å². The van der Waals surface area contributed by atoms with E-state index < -0.39 is 5.91 Å². The van der Waals surface area contributed by atoms with Crippen LogP contribution in [-0.2, 0) is 4.79 Å². The molecule has 0 fully saturated rings. The zero-order chi connectivity index (χ0) is 20.3. The van der Waals surface area contributed by atoms with Crippen LogP contribution in [0.15, 0.2) is 23.2 Å².